The second kappa shape index (κ2) is 5.87. The van der Waals surface area contributed by atoms with Crippen LogP contribution in [-0.4, -0.2) is 29.9 Å². The first kappa shape index (κ1) is 14.9. The molecule has 1 fully saturated rings. The molecule has 1 aliphatic heterocycles. The van der Waals surface area contributed by atoms with Gasteiger partial charge in [0.15, 0.2) is 0 Å². The number of rotatable bonds is 4. The van der Waals surface area contributed by atoms with Crippen molar-refractivity contribution < 1.29 is 13.6 Å². The van der Waals surface area contributed by atoms with E-state index >= 15 is 0 Å². The van der Waals surface area contributed by atoms with Gasteiger partial charge in [-0.25, -0.2) is 8.78 Å². The Morgan fingerprint density at radius 1 is 1.45 bits per heavy atom. The number of nitrogens with one attached hydrogen (secondary N) is 1. The van der Waals surface area contributed by atoms with Gasteiger partial charge < -0.3 is 10.2 Å². The molecule has 1 aromatic rings. The van der Waals surface area contributed by atoms with E-state index in [0.29, 0.717) is 12.0 Å². The number of halogens is 2. The molecule has 2 rings (SSSR count). The van der Waals surface area contributed by atoms with Gasteiger partial charge in [0.25, 0.3) is 0 Å². The van der Waals surface area contributed by atoms with Gasteiger partial charge >= 0.3 is 0 Å². The Kier molecular flexibility index (Phi) is 4.38. The number of hydrogen-bond donors (Lipinski definition) is 1. The Labute approximate surface area is 118 Å². The summed E-state index contributed by atoms with van der Waals surface area (Å²) in [6.45, 7) is 2.95. The Hall–Kier alpha value is -1.49. The van der Waals surface area contributed by atoms with Crippen LogP contribution in [0.1, 0.15) is 31.7 Å². The van der Waals surface area contributed by atoms with Crippen LogP contribution in [0.3, 0.4) is 0 Å². The molecule has 0 radical (unpaired) electrons. The molecule has 1 heterocycles. The highest BCUT2D eigenvalue weighted by atomic mass is 19.1. The van der Waals surface area contributed by atoms with Gasteiger partial charge in [0.1, 0.15) is 11.6 Å². The van der Waals surface area contributed by atoms with E-state index in [9.17, 15) is 13.6 Å². The number of benzene rings is 1. The fourth-order valence-corrected chi connectivity index (χ4v) is 2.78. The predicted molar refractivity (Wildman–Crippen MR) is 73.1 cm³/mol. The summed E-state index contributed by atoms with van der Waals surface area (Å²) in [7, 11) is 1.66. The maximum atomic E-state index is 13.6. The van der Waals surface area contributed by atoms with E-state index in [1.807, 2.05) is 6.92 Å². The van der Waals surface area contributed by atoms with Crippen LogP contribution in [-0.2, 0) is 11.3 Å². The quantitative estimate of drug-likeness (QED) is 0.920. The van der Waals surface area contributed by atoms with Crippen LogP contribution in [0.15, 0.2) is 18.2 Å². The summed E-state index contributed by atoms with van der Waals surface area (Å²) in [6, 6.07) is 3.44. The zero-order valence-corrected chi connectivity index (χ0v) is 11.9. The molecule has 1 N–H and O–H groups in total. The number of carbonyl (C=O) groups excluding carboxylic acids is 1. The molecule has 1 amide bonds. The standard InChI is InChI=1S/C15H20F2N2O/c1-3-15(7-4-8-18-15)14(20)19(2)10-11-5-6-12(16)9-13(11)17/h5-6,9,18H,3-4,7-8,10H2,1-2H3. The van der Waals surface area contributed by atoms with Crippen LogP contribution in [0.25, 0.3) is 0 Å². The molecule has 1 aromatic carbocycles. The number of nitrogens with zero attached hydrogens (tertiary/aromatic N) is 1. The summed E-state index contributed by atoms with van der Waals surface area (Å²) in [6.07, 6.45) is 2.49. The van der Waals surface area contributed by atoms with Gasteiger partial charge in [-0.2, -0.15) is 0 Å². The zero-order chi connectivity index (χ0) is 14.8. The molecule has 0 saturated carbocycles. The number of likely N-dealkylation sites (N-methyl/N-ethyl adjacent to an activating group) is 1. The Bertz CT molecular complexity index is 499. The van der Waals surface area contributed by atoms with Crippen molar-refractivity contribution in [1.82, 2.24) is 10.2 Å². The number of hydrogen-bond acceptors (Lipinski definition) is 2. The van der Waals surface area contributed by atoms with E-state index in [1.165, 1.54) is 17.0 Å². The summed E-state index contributed by atoms with van der Waals surface area (Å²) in [4.78, 5) is 14.1. The molecule has 110 valence electrons. The molecule has 0 spiro atoms. The first-order valence-electron chi connectivity index (χ1n) is 6.93. The van der Waals surface area contributed by atoms with E-state index in [4.69, 9.17) is 0 Å². The lowest BCUT2D eigenvalue weighted by molar-refractivity contribution is -0.137. The van der Waals surface area contributed by atoms with Gasteiger partial charge in [-0.3, -0.25) is 4.79 Å². The Balaban J connectivity index is 2.11. The van der Waals surface area contributed by atoms with Crippen molar-refractivity contribution >= 4 is 5.91 Å². The lowest BCUT2D eigenvalue weighted by Gasteiger charge is -2.32. The minimum atomic E-state index is -0.616. The summed E-state index contributed by atoms with van der Waals surface area (Å²) < 4.78 is 26.5. The fourth-order valence-electron chi connectivity index (χ4n) is 2.78. The fraction of sp³-hybridized carbons (Fsp3) is 0.533. The Morgan fingerprint density at radius 2 is 2.20 bits per heavy atom. The first-order chi connectivity index (χ1) is 9.48. The van der Waals surface area contributed by atoms with Crippen LogP contribution in [0, 0.1) is 11.6 Å². The summed E-state index contributed by atoms with van der Waals surface area (Å²) in [5.74, 6) is -1.25. The van der Waals surface area contributed by atoms with Gasteiger partial charge in [-0.15, -0.1) is 0 Å². The Morgan fingerprint density at radius 3 is 2.75 bits per heavy atom. The highest BCUT2D eigenvalue weighted by molar-refractivity contribution is 5.86. The SMILES string of the molecule is CCC1(C(=O)N(C)Cc2ccc(F)cc2F)CCCN1. The third-order valence-corrected chi connectivity index (χ3v) is 4.03. The monoisotopic (exact) mass is 282 g/mol. The molecular weight excluding hydrogens is 262 g/mol. The molecule has 1 saturated heterocycles. The average molecular weight is 282 g/mol. The van der Waals surface area contributed by atoms with Crippen LogP contribution >= 0.6 is 0 Å². The minimum absolute atomic E-state index is 0.0266. The van der Waals surface area contributed by atoms with Crippen molar-refractivity contribution in [3.63, 3.8) is 0 Å². The van der Waals surface area contributed by atoms with Crippen molar-refractivity contribution in [2.24, 2.45) is 0 Å². The second-order valence-electron chi connectivity index (χ2n) is 5.36. The van der Waals surface area contributed by atoms with Gasteiger partial charge in [0, 0.05) is 25.2 Å². The molecule has 0 bridgehead atoms. The third kappa shape index (κ3) is 2.82. The summed E-state index contributed by atoms with van der Waals surface area (Å²) >= 11 is 0. The normalized spacial score (nSPS) is 22.0. The van der Waals surface area contributed by atoms with Crippen LogP contribution in [0.5, 0.6) is 0 Å². The first-order valence-corrected chi connectivity index (χ1v) is 6.93. The maximum Gasteiger partial charge on any atom is 0.242 e. The second-order valence-corrected chi connectivity index (χ2v) is 5.36. The molecule has 3 nitrogen and oxygen atoms in total. The molecule has 0 aliphatic carbocycles. The maximum absolute atomic E-state index is 13.6. The molecule has 1 aliphatic rings. The summed E-state index contributed by atoms with van der Waals surface area (Å²) in [5.41, 5.74) is -0.197. The largest absolute Gasteiger partial charge is 0.340 e. The van der Waals surface area contributed by atoms with Crippen LogP contribution < -0.4 is 5.32 Å². The van der Waals surface area contributed by atoms with Crippen molar-refractivity contribution in [1.29, 1.82) is 0 Å². The van der Waals surface area contributed by atoms with Gasteiger partial charge in [0.2, 0.25) is 5.91 Å². The van der Waals surface area contributed by atoms with Crippen molar-refractivity contribution in [3.05, 3.63) is 35.4 Å². The highest BCUT2D eigenvalue weighted by Gasteiger charge is 2.40. The van der Waals surface area contributed by atoms with E-state index in [-0.39, 0.29) is 12.5 Å². The van der Waals surface area contributed by atoms with Crippen LogP contribution in [0.2, 0.25) is 0 Å². The lowest BCUT2D eigenvalue weighted by atomic mass is 9.92. The highest BCUT2D eigenvalue weighted by Crippen LogP contribution is 2.26. The molecule has 5 heteroatoms. The minimum Gasteiger partial charge on any atom is -0.340 e. The molecule has 1 atom stereocenters. The molecule has 1 unspecified atom stereocenters. The average Bonchev–Trinajstić information content (AvgIpc) is 2.91. The van der Waals surface area contributed by atoms with Crippen LogP contribution in [0.4, 0.5) is 8.78 Å². The van der Waals surface area contributed by atoms with E-state index in [1.54, 1.807) is 7.05 Å². The smallest absolute Gasteiger partial charge is 0.242 e. The van der Waals surface area contributed by atoms with Gasteiger partial charge in [0.05, 0.1) is 5.54 Å². The zero-order valence-electron chi connectivity index (χ0n) is 11.9. The molecule has 20 heavy (non-hydrogen) atoms. The van der Waals surface area contributed by atoms with Gasteiger partial charge in [-0.1, -0.05) is 13.0 Å². The number of amides is 1. The van der Waals surface area contributed by atoms with E-state index in [2.05, 4.69) is 5.32 Å². The molecule has 0 aromatic heterocycles. The van der Waals surface area contributed by atoms with E-state index in [0.717, 1.165) is 25.5 Å². The summed E-state index contributed by atoms with van der Waals surface area (Å²) in [5, 5.41) is 3.27. The topological polar surface area (TPSA) is 32.3 Å². The molecular formula is C15H20F2N2O. The number of carbonyl (C=O) groups is 1. The van der Waals surface area contributed by atoms with Crippen molar-refractivity contribution in [2.75, 3.05) is 13.6 Å². The van der Waals surface area contributed by atoms with Crippen molar-refractivity contribution in [3.8, 4) is 0 Å². The van der Waals surface area contributed by atoms with Gasteiger partial charge in [-0.05, 0) is 31.9 Å². The predicted octanol–water partition coefficient (Wildman–Crippen LogP) is 2.46. The van der Waals surface area contributed by atoms with E-state index < -0.39 is 17.2 Å². The third-order valence-electron chi connectivity index (χ3n) is 4.03. The van der Waals surface area contributed by atoms with Crippen molar-refractivity contribution in [2.45, 2.75) is 38.3 Å². The lowest BCUT2D eigenvalue weighted by Crippen LogP contribution is -2.53.